The van der Waals surface area contributed by atoms with Crippen LogP contribution >= 0.6 is 0 Å². The van der Waals surface area contributed by atoms with Gasteiger partial charge in [-0.25, -0.2) is 4.98 Å². The van der Waals surface area contributed by atoms with E-state index in [0.29, 0.717) is 0 Å². The van der Waals surface area contributed by atoms with Gasteiger partial charge in [0.05, 0.1) is 11.4 Å². The number of rotatable bonds is 3. The van der Waals surface area contributed by atoms with Crippen LogP contribution in [0.15, 0.2) is 91.0 Å². The molecule has 1 heteroatoms. The van der Waals surface area contributed by atoms with Gasteiger partial charge >= 0.3 is 0 Å². The Kier molecular flexibility index (Phi) is 4.37. The van der Waals surface area contributed by atoms with E-state index in [9.17, 15) is 0 Å². The van der Waals surface area contributed by atoms with Gasteiger partial charge in [0, 0.05) is 11.1 Å². The molecule has 0 radical (unpaired) electrons. The van der Waals surface area contributed by atoms with Crippen LogP contribution in [0.3, 0.4) is 0 Å². The summed E-state index contributed by atoms with van der Waals surface area (Å²) in [5.74, 6) is 0. The fourth-order valence-corrected chi connectivity index (χ4v) is 3.25. The number of nitrogens with zero attached hydrogens (tertiary/aromatic N) is 1. The minimum Gasteiger partial charge on any atom is -0.248 e. The molecule has 0 unspecified atom stereocenters. The van der Waals surface area contributed by atoms with Crippen molar-refractivity contribution in [3.05, 3.63) is 102 Å². The molecule has 1 heterocycles. The van der Waals surface area contributed by atoms with E-state index >= 15 is 0 Å². The van der Waals surface area contributed by atoms with E-state index in [1.165, 1.54) is 27.8 Å². The SMILES string of the molecule is Cc1cccc(-c2cc(-c3ccccc3)cc(-c3ccccc3)n2)c1C. The summed E-state index contributed by atoms with van der Waals surface area (Å²) in [6.07, 6.45) is 0. The predicted molar refractivity (Wildman–Crippen MR) is 110 cm³/mol. The van der Waals surface area contributed by atoms with Crippen molar-refractivity contribution < 1.29 is 0 Å². The van der Waals surface area contributed by atoms with Crippen LogP contribution < -0.4 is 0 Å². The Labute approximate surface area is 155 Å². The molecular weight excluding hydrogens is 314 g/mol. The number of hydrogen-bond acceptors (Lipinski definition) is 1. The van der Waals surface area contributed by atoms with Crippen LogP contribution in [0.1, 0.15) is 11.1 Å². The van der Waals surface area contributed by atoms with Crippen LogP contribution in [-0.4, -0.2) is 4.98 Å². The first kappa shape index (κ1) is 16.3. The molecule has 0 saturated carbocycles. The molecule has 0 saturated heterocycles. The molecule has 0 aliphatic rings. The molecule has 3 aromatic carbocycles. The number of hydrogen-bond donors (Lipinski definition) is 0. The lowest BCUT2D eigenvalue weighted by Crippen LogP contribution is -1.94. The van der Waals surface area contributed by atoms with E-state index in [4.69, 9.17) is 4.98 Å². The summed E-state index contributed by atoms with van der Waals surface area (Å²) in [6.45, 7) is 4.32. The van der Waals surface area contributed by atoms with E-state index in [2.05, 4.69) is 98.8 Å². The average molecular weight is 335 g/mol. The lowest BCUT2D eigenvalue weighted by atomic mass is 9.96. The highest BCUT2D eigenvalue weighted by molar-refractivity contribution is 5.77. The number of pyridine rings is 1. The van der Waals surface area contributed by atoms with Crippen molar-refractivity contribution in [1.29, 1.82) is 0 Å². The maximum absolute atomic E-state index is 5.00. The van der Waals surface area contributed by atoms with Gasteiger partial charge in [0.2, 0.25) is 0 Å². The van der Waals surface area contributed by atoms with Gasteiger partial charge in [0.25, 0.3) is 0 Å². The lowest BCUT2D eigenvalue weighted by molar-refractivity contribution is 1.28. The summed E-state index contributed by atoms with van der Waals surface area (Å²) < 4.78 is 0. The molecule has 126 valence electrons. The summed E-state index contributed by atoms with van der Waals surface area (Å²) >= 11 is 0. The standard InChI is InChI=1S/C25H21N/c1-18-10-9-15-23(19(18)2)25-17-22(20-11-5-3-6-12-20)16-24(26-25)21-13-7-4-8-14-21/h3-17H,1-2H3. The third-order valence-electron chi connectivity index (χ3n) is 4.88. The van der Waals surface area contributed by atoms with Crippen LogP contribution in [0.4, 0.5) is 0 Å². The first-order valence-electron chi connectivity index (χ1n) is 8.92. The highest BCUT2D eigenvalue weighted by Gasteiger charge is 2.11. The predicted octanol–water partition coefficient (Wildman–Crippen LogP) is 6.70. The Balaban J connectivity index is 1.95. The molecule has 0 aliphatic carbocycles. The Morgan fingerprint density at radius 1 is 0.538 bits per heavy atom. The Morgan fingerprint density at radius 3 is 1.85 bits per heavy atom. The van der Waals surface area contributed by atoms with Crippen molar-refractivity contribution in [2.75, 3.05) is 0 Å². The molecule has 0 N–H and O–H groups in total. The Bertz CT molecular complexity index is 976. The summed E-state index contributed by atoms with van der Waals surface area (Å²) in [4.78, 5) is 5.00. The van der Waals surface area contributed by atoms with Crippen molar-refractivity contribution in [2.45, 2.75) is 13.8 Å². The van der Waals surface area contributed by atoms with Gasteiger partial charge in [-0.05, 0) is 48.2 Å². The van der Waals surface area contributed by atoms with Crippen molar-refractivity contribution in [3.8, 4) is 33.6 Å². The lowest BCUT2D eigenvalue weighted by Gasteiger charge is -2.13. The normalized spacial score (nSPS) is 10.7. The van der Waals surface area contributed by atoms with Crippen LogP contribution in [0.2, 0.25) is 0 Å². The third-order valence-corrected chi connectivity index (χ3v) is 4.88. The molecule has 0 fully saturated rings. The summed E-state index contributed by atoms with van der Waals surface area (Å²) in [7, 11) is 0. The van der Waals surface area contributed by atoms with Gasteiger partial charge in [-0.2, -0.15) is 0 Å². The number of benzene rings is 3. The van der Waals surface area contributed by atoms with Gasteiger partial charge in [0.1, 0.15) is 0 Å². The van der Waals surface area contributed by atoms with Gasteiger partial charge in [-0.15, -0.1) is 0 Å². The largest absolute Gasteiger partial charge is 0.248 e. The van der Waals surface area contributed by atoms with E-state index in [1.807, 2.05) is 6.07 Å². The molecule has 4 aromatic rings. The summed E-state index contributed by atoms with van der Waals surface area (Å²) in [5.41, 5.74) is 9.32. The van der Waals surface area contributed by atoms with Gasteiger partial charge in [0.15, 0.2) is 0 Å². The van der Waals surface area contributed by atoms with Crippen molar-refractivity contribution in [3.63, 3.8) is 0 Å². The molecule has 4 rings (SSSR count). The quantitative estimate of drug-likeness (QED) is 0.406. The zero-order chi connectivity index (χ0) is 17.9. The van der Waals surface area contributed by atoms with Gasteiger partial charge < -0.3 is 0 Å². The molecule has 0 atom stereocenters. The zero-order valence-electron chi connectivity index (χ0n) is 15.1. The highest BCUT2D eigenvalue weighted by atomic mass is 14.7. The van der Waals surface area contributed by atoms with E-state index in [0.717, 1.165) is 17.0 Å². The van der Waals surface area contributed by atoms with E-state index < -0.39 is 0 Å². The minimum absolute atomic E-state index is 1.00. The molecule has 0 bridgehead atoms. The molecule has 1 nitrogen and oxygen atoms in total. The third kappa shape index (κ3) is 3.16. The zero-order valence-corrected chi connectivity index (χ0v) is 15.1. The van der Waals surface area contributed by atoms with Gasteiger partial charge in [-0.1, -0.05) is 78.9 Å². The van der Waals surface area contributed by atoms with Crippen molar-refractivity contribution in [1.82, 2.24) is 4.98 Å². The molecular formula is C25H21N. The fraction of sp³-hybridized carbons (Fsp3) is 0.0800. The van der Waals surface area contributed by atoms with E-state index in [1.54, 1.807) is 0 Å². The Hall–Kier alpha value is -3.19. The number of aryl methyl sites for hydroxylation is 1. The van der Waals surface area contributed by atoms with Crippen LogP contribution in [-0.2, 0) is 0 Å². The summed E-state index contributed by atoms with van der Waals surface area (Å²) in [5, 5.41) is 0. The van der Waals surface area contributed by atoms with Crippen LogP contribution in [0, 0.1) is 13.8 Å². The Morgan fingerprint density at radius 2 is 1.15 bits per heavy atom. The van der Waals surface area contributed by atoms with Gasteiger partial charge in [-0.3, -0.25) is 0 Å². The van der Waals surface area contributed by atoms with Crippen molar-refractivity contribution >= 4 is 0 Å². The second-order valence-corrected chi connectivity index (χ2v) is 6.61. The molecule has 0 amide bonds. The second-order valence-electron chi connectivity index (χ2n) is 6.61. The van der Waals surface area contributed by atoms with Crippen LogP contribution in [0.5, 0.6) is 0 Å². The van der Waals surface area contributed by atoms with Crippen molar-refractivity contribution in [2.24, 2.45) is 0 Å². The minimum atomic E-state index is 1.00. The first-order chi connectivity index (χ1) is 12.7. The maximum Gasteiger partial charge on any atom is 0.0718 e. The maximum atomic E-state index is 5.00. The molecule has 26 heavy (non-hydrogen) atoms. The first-order valence-corrected chi connectivity index (χ1v) is 8.92. The fourth-order valence-electron chi connectivity index (χ4n) is 3.25. The molecule has 0 spiro atoms. The van der Waals surface area contributed by atoms with Crippen LogP contribution in [0.25, 0.3) is 33.6 Å². The average Bonchev–Trinajstić information content (AvgIpc) is 2.71. The number of aromatic nitrogens is 1. The molecule has 0 aliphatic heterocycles. The molecule has 1 aromatic heterocycles. The van der Waals surface area contributed by atoms with E-state index in [-0.39, 0.29) is 0 Å². The monoisotopic (exact) mass is 335 g/mol. The highest BCUT2D eigenvalue weighted by Crippen LogP contribution is 2.32. The summed E-state index contributed by atoms with van der Waals surface area (Å²) in [6, 6.07) is 31.7. The smallest absolute Gasteiger partial charge is 0.0718 e. The second kappa shape index (κ2) is 6.97. The topological polar surface area (TPSA) is 12.9 Å².